The van der Waals surface area contributed by atoms with Crippen LogP contribution < -0.4 is 14.8 Å². The summed E-state index contributed by atoms with van der Waals surface area (Å²) in [7, 11) is 5.05. The van der Waals surface area contributed by atoms with Crippen molar-refractivity contribution in [1.82, 2.24) is 14.7 Å². The molecular formula is C36H44FN5O5. The number of benzene rings is 2. The van der Waals surface area contributed by atoms with Crippen LogP contribution in [0.4, 0.5) is 10.1 Å². The topological polar surface area (TPSA) is 107 Å². The summed E-state index contributed by atoms with van der Waals surface area (Å²) in [4.78, 5) is 32.4. The highest BCUT2D eigenvalue weighted by Crippen LogP contribution is 2.33. The molecule has 0 unspecified atom stereocenters. The Morgan fingerprint density at radius 1 is 1.02 bits per heavy atom. The molecule has 3 aliphatic rings. The zero-order valence-electron chi connectivity index (χ0n) is 27.4. The smallest absolute Gasteiger partial charge is 0.273 e. The van der Waals surface area contributed by atoms with E-state index in [-0.39, 0.29) is 22.9 Å². The molecule has 10 nitrogen and oxygen atoms in total. The van der Waals surface area contributed by atoms with Crippen LogP contribution in [0, 0.1) is 11.2 Å². The number of hydrogen-bond acceptors (Lipinski definition) is 8. The number of piperidine rings is 1. The number of halogens is 1. The van der Waals surface area contributed by atoms with Crippen LogP contribution in [0.15, 0.2) is 66.4 Å². The molecule has 3 heterocycles. The van der Waals surface area contributed by atoms with Gasteiger partial charge in [-0.05, 0) is 80.7 Å². The van der Waals surface area contributed by atoms with Gasteiger partial charge in [0.2, 0.25) is 0 Å². The lowest BCUT2D eigenvalue weighted by atomic mass is 10.0. The highest BCUT2D eigenvalue weighted by Gasteiger charge is 2.29. The van der Waals surface area contributed by atoms with Crippen LogP contribution in [0.5, 0.6) is 11.5 Å². The largest absolute Gasteiger partial charge is 0.493 e. The van der Waals surface area contributed by atoms with E-state index in [0.717, 1.165) is 75.0 Å². The number of allylic oxidation sites excluding steroid dienone is 4. The molecule has 0 saturated carbocycles. The molecule has 3 aliphatic heterocycles. The number of methoxy groups -OCH3 is 2. The number of carbonyl (C=O) groups excluding carboxylic acids is 2. The molecule has 0 aliphatic carbocycles. The molecule has 47 heavy (non-hydrogen) atoms. The minimum absolute atomic E-state index is 0.0846. The highest BCUT2D eigenvalue weighted by atomic mass is 19.1. The second-order valence-corrected chi connectivity index (χ2v) is 11.9. The Hall–Kier alpha value is -4.48. The molecule has 2 aromatic rings. The van der Waals surface area contributed by atoms with Gasteiger partial charge in [-0.25, -0.2) is 4.39 Å². The van der Waals surface area contributed by atoms with E-state index in [4.69, 9.17) is 19.6 Å². The number of carbonyl (C=O) groups is 2. The molecule has 0 aromatic heterocycles. The lowest BCUT2D eigenvalue weighted by Gasteiger charge is -2.40. The fourth-order valence-corrected chi connectivity index (χ4v) is 6.28. The summed E-state index contributed by atoms with van der Waals surface area (Å²) in [5, 5.41) is 11.1. The van der Waals surface area contributed by atoms with Gasteiger partial charge in [0.15, 0.2) is 11.5 Å². The van der Waals surface area contributed by atoms with Crippen LogP contribution in [0.3, 0.4) is 0 Å². The summed E-state index contributed by atoms with van der Waals surface area (Å²) in [6, 6.07) is 10.1. The first-order valence-electron chi connectivity index (χ1n) is 16.1. The number of rotatable bonds is 8. The van der Waals surface area contributed by atoms with E-state index in [2.05, 4.69) is 16.3 Å². The van der Waals surface area contributed by atoms with Crippen molar-refractivity contribution in [2.75, 3.05) is 66.0 Å². The summed E-state index contributed by atoms with van der Waals surface area (Å²) >= 11 is 0. The first-order valence-corrected chi connectivity index (χ1v) is 16.1. The van der Waals surface area contributed by atoms with Gasteiger partial charge in [-0.3, -0.25) is 19.9 Å². The third kappa shape index (κ3) is 8.28. The molecule has 2 saturated heterocycles. The van der Waals surface area contributed by atoms with Gasteiger partial charge in [-0.1, -0.05) is 12.2 Å². The maximum atomic E-state index is 15.2. The molecule has 2 N–H and O–H groups in total. The van der Waals surface area contributed by atoms with Crippen molar-refractivity contribution >= 4 is 28.9 Å². The Morgan fingerprint density at radius 2 is 1.77 bits per heavy atom. The van der Waals surface area contributed by atoms with Gasteiger partial charge in [0.25, 0.3) is 11.8 Å². The van der Waals surface area contributed by atoms with Crippen LogP contribution >= 0.6 is 0 Å². The third-order valence-corrected chi connectivity index (χ3v) is 9.00. The average molecular weight is 646 g/mol. The summed E-state index contributed by atoms with van der Waals surface area (Å²) in [5.74, 6) is -0.499. The fourth-order valence-electron chi connectivity index (χ4n) is 6.28. The number of ether oxygens (including phenoxy) is 3. The number of amides is 2. The fraction of sp³-hybridized carbons (Fsp3) is 0.417. The number of anilines is 1. The average Bonchev–Trinajstić information content (AvgIpc) is 3.19. The van der Waals surface area contributed by atoms with Gasteiger partial charge in [-0.15, -0.1) is 0 Å². The quantitative estimate of drug-likeness (QED) is 0.374. The standard InChI is InChI=1S/C36H44FN5O5/c1-40-28(8-6-4-5-7-9-32(40)25-11-13-33(45-2)34(23-25)46-3)24-30(38)35(43)39-31-12-10-26(22-29(31)37)36(44)42-16-14-27(15-17-42)41-18-20-47-21-19-41/h5,7,9-13,22-24,27,38H,4,6,8,14-21H2,1-3H3,(H,39,43)/b7-5-,28-24-,32-9-,38-30?. The maximum Gasteiger partial charge on any atom is 0.273 e. The molecule has 250 valence electrons. The van der Waals surface area contributed by atoms with Gasteiger partial charge in [0.05, 0.1) is 33.1 Å². The van der Waals surface area contributed by atoms with Crippen LogP contribution in [0.2, 0.25) is 0 Å². The third-order valence-electron chi connectivity index (χ3n) is 9.00. The lowest BCUT2D eigenvalue weighted by molar-refractivity contribution is -0.110. The van der Waals surface area contributed by atoms with E-state index in [0.29, 0.717) is 37.1 Å². The summed E-state index contributed by atoms with van der Waals surface area (Å²) in [5.41, 5.74) is 2.32. The van der Waals surface area contributed by atoms with Gasteiger partial charge < -0.3 is 29.3 Å². The van der Waals surface area contributed by atoms with Crippen LogP contribution in [0.1, 0.15) is 48.0 Å². The van der Waals surface area contributed by atoms with E-state index in [9.17, 15) is 9.59 Å². The van der Waals surface area contributed by atoms with E-state index in [1.807, 2.05) is 42.3 Å². The maximum absolute atomic E-state index is 15.2. The molecule has 11 heteroatoms. The minimum Gasteiger partial charge on any atom is -0.493 e. The van der Waals surface area contributed by atoms with E-state index in [1.165, 1.54) is 18.2 Å². The summed E-state index contributed by atoms with van der Waals surface area (Å²) in [6.07, 6.45) is 11.6. The normalized spacial score (nSPS) is 20.8. The SMILES string of the molecule is COc1ccc(/C2=C/C=C\CCC/C(=C/C(=N)C(=O)Nc3ccc(C(=O)N4CCC(N5CCOCC5)CC4)cc3F)N2C)cc1OC. The van der Waals surface area contributed by atoms with Crippen molar-refractivity contribution in [3.05, 3.63) is 83.3 Å². The molecular weight excluding hydrogens is 601 g/mol. The second-order valence-electron chi connectivity index (χ2n) is 11.9. The Balaban J connectivity index is 1.24. The van der Waals surface area contributed by atoms with Crippen molar-refractivity contribution in [2.45, 2.75) is 38.1 Å². The number of morpholine rings is 1. The molecule has 0 bridgehead atoms. The van der Waals surface area contributed by atoms with Gasteiger partial charge >= 0.3 is 0 Å². The summed E-state index contributed by atoms with van der Waals surface area (Å²) in [6.45, 7) is 4.53. The van der Waals surface area contributed by atoms with Crippen molar-refractivity contribution in [3.63, 3.8) is 0 Å². The van der Waals surface area contributed by atoms with Gasteiger partial charge in [0.1, 0.15) is 11.5 Å². The first-order chi connectivity index (χ1) is 22.8. The minimum atomic E-state index is -0.747. The highest BCUT2D eigenvalue weighted by molar-refractivity contribution is 6.46. The zero-order chi connectivity index (χ0) is 33.3. The molecule has 5 rings (SSSR count). The van der Waals surface area contributed by atoms with E-state index in [1.54, 1.807) is 19.1 Å². The predicted octanol–water partition coefficient (Wildman–Crippen LogP) is 5.33. The molecule has 2 fully saturated rings. The second kappa shape index (κ2) is 15.9. The van der Waals surface area contributed by atoms with Crippen molar-refractivity contribution in [1.29, 1.82) is 5.41 Å². The zero-order valence-corrected chi connectivity index (χ0v) is 27.4. The van der Waals surface area contributed by atoms with Gasteiger partial charge in [-0.2, -0.15) is 0 Å². The van der Waals surface area contributed by atoms with Crippen molar-refractivity contribution in [3.8, 4) is 11.5 Å². The summed E-state index contributed by atoms with van der Waals surface area (Å²) < 4.78 is 31.5. The Bertz CT molecular complexity index is 1560. The Morgan fingerprint density at radius 3 is 2.47 bits per heavy atom. The number of likely N-dealkylation sites (tertiary alicyclic amines) is 1. The number of nitrogens with zero attached hydrogens (tertiary/aromatic N) is 3. The molecule has 0 radical (unpaired) electrons. The van der Waals surface area contributed by atoms with Crippen molar-refractivity contribution in [2.24, 2.45) is 0 Å². The monoisotopic (exact) mass is 645 g/mol. The molecule has 2 aromatic carbocycles. The number of hydrogen-bond donors (Lipinski definition) is 2. The van der Waals surface area contributed by atoms with Crippen molar-refractivity contribution < 1.29 is 28.2 Å². The van der Waals surface area contributed by atoms with E-state index >= 15 is 4.39 Å². The van der Waals surface area contributed by atoms with Crippen LogP contribution in [-0.4, -0.2) is 98.9 Å². The van der Waals surface area contributed by atoms with Crippen LogP contribution in [-0.2, 0) is 9.53 Å². The number of nitrogens with one attached hydrogen (secondary N) is 2. The Labute approximate surface area is 276 Å². The predicted molar refractivity (Wildman–Crippen MR) is 180 cm³/mol. The van der Waals surface area contributed by atoms with Gasteiger partial charge in [0, 0.05) is 61.8 Å². The molecule has 0 spiro atoms. The molecule has 0 atom stereocenters. The first kappa shape index (κ1) is 33.9. The van der Waals surface area contributed by atoms with E-state index < -0.39 is 11.7 Å². The lowest BCUT2D eigenvalue weighted by Crippen LogP contribution is -2.50. The Kier molecular flexibility index (Phi) is 11.4. The molecule has 2 amide bonds. The van der Waals surface area contributed by atoms with Crippen LogP contribution in [0.25, 0.3) is 5.70 Å².